The van der Waals surface area contributed by atoms with E-state index in [9.17, 15) is 9.59 Å². The van der Waals surface area contributed by atoms with Gasteiger partial charge in [-0.2, -0.15) is 5.10 Å². The largest absolute Gasteiger partial charge is 0.338 e. The van der Waals surface area contributed by atoms with Crippen LogP contribution in [0.4, 0.5) is 10.5 Å². The summed E-state index contributed by atoms with van der Waals surface area (Å²) in [5.74, 6) is -0.0107. The minimum absolute atomic E-state index is 0.0107. The number of hydrogen-bond donors (Lipinski definition) is 2. The average Bonchev–Trinajstić information content (AvgIpc) is 3.27. The third kappa shape index (κ3) is 2.82. The summed E-state index contributed by atoms with van der Waals surface area (Å²) >= 11 is 0. The number of carbonyl (C=O) groups excluding carboxylic acids is 2. The van der Waals surface area contributed by atoms with Crippen molar-refractivity contribution in [3.63, 3.8) is 0 Å². The molecule has 0 saturated carbocycles. The van der Waals surface area contributed by atoms with E-state index in [4.69, 9.17) is 0 Å². The molecule has 0 atom stereocenters. The summed E-state index contributed by atoms with van der Waals surface area (Å²) in [5.41, 5.74) is 4.21. The second-order valence-corrected chi connectivity index (χ2v) is 6.62. The summed E-state index contributed by atoms with van der Waals surface area (Å²) in [4.78, 5) is 27.0. The van der Waals surface area contributed by atoms with Gasteiger partial charge in [0.05, 0.1) is 5.69 Å². The van der Waals surface area contributed by atoms with Gasteiger partial charge < -0.3 is 10.2 Å². The number of anilines is 1. The number of carbonyl (C=O) groups is 2. The maximum Gasteiger partial charge on any atom is 0.338 e. The number of piperidine rings is 1. The third-order valence-electron chi connectivity index (χ3n) is 5.03. The third-order valence-corrected chi connectivity index (χ3v) is 5.03. The van der Waals surface area contributed by atoms with Crippen LogP contribution in [0, 0.1) is 0 Å². The molecule has 2 aliphatic heterocycles. The van der Waals surface area contributed by atoms with Crippen LogP contribution >= 0.6 is 0 Å². The van der Waals surface area contributed by atoms with Crippen LogP contribution in [0.3, 0.4) is 0 Å². The minimum atomic E-state index is -0.505. The molecule has 0 bridgehead atoms. The molecule has 1 aromatic heterocycles. The highest BCUT2D eigenvalue weighted by Crippen LogP contribution is 2.27. The zero-order valence-corrected chi connectivity index (χ0v) is 14.7. The Morgan fingerprint density at radius 2 is 1.92 bits per heavy atom. The lowest BCUT2D eigenvalue weighted by Crippen LogP contribution is -2.58. The lowest BCUT2D eigenvalue weighted by atomic mass is 9.98. The van der Waals surface area contributed by atoms with Crippen LogP contribution in [0.25, 0.3) is 0 Å². The quantitative estimate of drug-likeness (QED) is 0.877. The van der Waals surface area contributed by atoms with Gasteiger partial charge in [-0.1, -0.05) is 18.2 Å². The molecule has 136 valence electrons. The SMILES string of the molecule is CCn1nccc1C(=O)N1CCC2(CC1)NC(=O)N(c1ccccc1)N2. The van der Waals surface area contributed by atoms with Gasteiger partial charge in [0.15, 0.2) is 0 Å². The van der Waals surface area contributed by atoms with E-state index in [2.05, 4.69) is 15.8 Å². The normalized spacial score (nSPS) is 19.0. The molecule has 1 spiro atoms. The minimum Gasteiger partial charge on any atom is -0.337 e. The summed E-state index contributed by atoms with van der Waals surface area (Å²) in [6, 6.07) is 11.1. The predicted octanol–water partition coefficient (Wildman–Crippen LogP) is 1.57. The number of amides is 3. The molecule has 2 saturated heterocycles. The fourth-order valence-electron chi connectivity index (χ4n) is 3.57. The molecule has 3 heterocycles. The van der Waals surface area contributed by atoms with Gasteiger partial charge in [0.2, 0.25) is 0 Å². The number of nitrogens with zero attached hydrogens (tertiary/aromatic N) is 4. The van der Waals surface area contributed by atoms with E-state index in [-0.39, 0.29) is 11.9 Å². The van der Waals surface area contributed by atoms with Gasteiger partial charge in [-0.05, 0) is 25.1 Å². The molecule has 0 aliphatic carbocycles. The zero-order valence-electron chi connectivity index (χ0n) is 14.7. The zero-order chi connectivity index (χ0) is 18.1. The summed E-state index contributed by atoms with van der Waals surface area (Å²) in [7, 11) is 0. The van der Waals surface area contributed by atoms with E-state index in [1.807, 2.05) is 42.2 Å². The number of likely N-dealkylation sites (tertiary alicyclic amines) is 1. The smallest absolute Gasteiger partial charge is 0.337 e. The van der Waals surface area contributed by atoms with Crippen molar-refractivity contribution in [3.05, 3.63) is 48.3 Å². The summed E-state index contributed by atoms with van der Waals surface area (Å²) in [6.07, 6.45) is 2.95. The number of aryl methyl sites for hydroxylation is 1. The number of nitrogens with one attached hydrogen (secondary N) is 2. The first-order valence-corrected chi connectivity index (χ1v) is 8.88. The Kier molecular flexibility index (Phi) is 4.12. The number of hydrazine groups is 1. The Balaban J connectivity index is 1.44. The molecule has 2 N–H and O–H groups in total. The second kappa shape index (κ2) is 6.45. The van der Waals surface area contributed by atoms with Gasteiger partial charge in [-0.25, -0.2) is 15.2 Å². The van der Waals surface area contributed by atoms with Gasteiger partial charge in [-0.15, -0.1) is 0 Å². The highest BCUT2D eigenvalue weighted by atomic mass is 16.2. The van der Waals surface area contributed by atoms with Crippen molar-refractivity contribution in [1.29, 1.82) is 0 Å². The van der Waals surface area contributed by atoms with Gasteiger partial charge in [0, 0.05) is 38.7 Å². The van der Waals surface area contributed by atoms with Crippen LogP contribution in [-0.2, 0) is 6.54 Å². The Hall–Kier alpha value is -2.87. The van der Waals surface area contributed by atoms with Crippen LogP contribution in [-0.4, -0.2) is 45.4 Å². The van der Waals surface area contributed by atoms with E-state index in [1.165, 1.54) is 0 Å². The molecular weight excluding hydrogens is 332 g/mol. The predicted molar refractivity (Wildman–Crippen MR) is 96.4 cm³/mol. The summed E-state index contributed by atoms with van der Waals surface area (Å²) in [6.45, 7) is 3.77. The van der Waals surface area contributed by atoms with Crippen LogP contribution < -0.4 is 15.8 Å². The number of rotatable bonds is 3. The number of aromatic nitrogens is 2. The second-order valence-electron chi connectivity index (χ2n) is 6.62. The number of urea groups is 1. The maximum atomic E-state index is 12.7. The van der Waals surface area contributed by atoms with Crippen molar-refractivity contribution in [2.75, 3.05) is 18.1 Å². The van der Waals surface area contributed by atoms with Crippen molar-refractivity contribution in [2.24, 2.45) is 0 Å². The summed E-state index contributed by atoms with van der Waals surface area (Å²) in [5, 5.41) is 8.77. The molecule has 0 radical (unpaired) electrons. The molecule has 2 aliphatic rings. The van der Waals surface area contributed by atoms with Crippen molar-refractivity contribution < 1.29 is 9.59 Å². The van der Waals surface area contributed by atoms with Crippen molar-refractivity contribution >= 4 is 17.6 Å². The molecule has 3 amide bonds. The van der Waals surface area contributed by atoms with Gasteiger partial charge in [0.1, 0.15) is 11.4 Å². The maximum absolute atomic E-state index is 12.7. The number of benzene rings is 1. The monoisotopic (exact) mass is 354 g/mol. The van der Waals surface area contributed by atoms with Crippen LogP contribution in [0.1, 0.15) is 30.3 Å². The van der Waals surface area contributed by atoms with E-state index < -0.39 is 5.66 Å². The Bertz CT molecular complexity index is 810. The van der Waals surface area contributed by atoms with Gasteiger partial charge in [0.25, 0.3) is 5.91 Å². The van der Waals surface area contributed by atoms with Crippen LogP contribution in [0.15, 0.2) is 42.6 Å². The van der Waals surface area contributed by atoms with E-state index in [0.29, 0.717) is 38.2 Å². The first-order valence-electron chi connectivity index (χ1n) is 8.88. The molecule has 2 aromatic rings. The molecule has 0 unspecified atom stereocenters. The highest BCUT2D eigenvalue weighted by molar-refractivity contribution is 5.94. The van der Waals surface area contributed by atoms with Gasteiger partial charge in [-0.3, -0.25) is 9.48 Å². The average molecular weight is 354 g/mol. The molecule has 8 nitrogen and oxygen atoms in total. The standard InChI is InChI=1S/C18H22N6O2/c1-2-23-15(8-11-19-23)16(25)22-12-9-18(10-13-22)20-17(26)24(21-18)14-6-4-3-5-7-14/h3-8,11,21H,2,9-10,12-13H2,1H3,(H,20,26). The molecular formula is C18H22N6O2. The van der Waals surface area contributed by atoms with Crippen LogP contribution in [0.5, 0.6) is 0 Å². The summed E-state index contributed by atoms with van der Waals surface area (Å²) < 4.78 is 1.71. The Morgan fingerprint density at radius 1 is 1.19 bits per heavy atom. The topological polar surface area (TPSA) is 82.5 Å². The lowest BCUT2D eigenvalue weighted by Gasteiger charge is -2.38. The highest BCUT2D eigenvalue weighted by Gasteiger charge is 2.45. The van der Waals surface area contributed by atoms with Crippen molar-refractivity contribution in [3.8, 4) is 0 Å². The molecule has 8 heteroatoms. The van der Waals surface area contributed by atoms with E-state index in [1.54, 1.807) is 22.0 Å². The Morgan fingerprint density at radius 3 is 2.62 bits per heavy atom. The van der Waals surface area contributed by atoms with Crippen molar-refractivity contribution in [1.82, 2.24) is 25.4 Å². The molecule has 4 rings (SSSR count). The van der Waals surface area contributed by atoms with Crippen LogP contribution in [0.2, 0.25) is 0 Å². The molecule has 1 aromatic carbocycles. The number of para-hydroxylation sites is 1. The van der Waals surface area contributed by atoms with Crippen molar-refractivity contribution in [2.45, 2.75) is 32.0 Å². The fourth-order valence-corrected chi connectivity index (χ4v) is 3.57. The fraction of sp³-hybridized carbons (Fsp3) is 0.389. The molecule has 2 fully saturated rings. The first-order chi connectivity index (χ1) is 12.6. The Labute approximate surface area is 151 Å². The molecule has 26 heavy (non-hydrogen) atoms. The lowest BCUT2D eigenvalue weighted by molar-refractivity contribution is 0.0628. The van der Waals surface area contributed by atoms with Gasteiger partial charge >= 0.3 is 6.03 Å². The first kappa shape index (κ1) is 16.6. The van der Waals surface area contributed by atoms with E-state index >= 15 is 0 Å². The van der Waals surface area contributed by atoms with E-state index in [0.717, 1.165) is 5.69 Å². The number of hydrogen-bond acceptors (Lipinski definition) is 4.